The Morgan fingerprint density at radius 2 is 1.28 bits per heavy atom. The van der Waals surface area contributed by atoms with Crippen LogP contribution in [0.1, 0.15) is 64.7 Å². The summed E-state index contributed by atoms with van der Waals surface area (Å²) in [6, 6.07) is 0. The summed E-state index contributed by atoms with van der Waals surface area (Å²) in [5.74, 6) is -0.108. The number of aliphatic hydroxyl groups is 2. The van der Waals surface area contributed by atoms with E-state index in [0.29, 0.717) is 6.61 Å². The number of unbranched alkanes of at least 4 members (excludes halogenated alkanes) is 8. The van der Waals surface area contributed by atoms with Crippen molar-refractivity contribution in [3.05, 3.63) is 0 Å². The van der Waals surface area contributed by atoms with Crippen molar-refractivity contribution in [1.82, 2.24) is 0 Å². The molecule has 0 saturated heterocycles. The Labute approximate surface area is 113 Å². The van der Waals surface area contributed by atoms with Crippen LogP contribution in [0.3, 0.4) is 0 Å². The van der Waals surface area contributed by atoms with Crippen molar-refractivity contribution in [2.24, 2.45) is 5.92 Å². The molecule has 0 heterocycles. The van der Waals surface area contributed by atoms with E-state index in [-0.39, 0.29) is 19.1 Å². The number of aliphatic hydroxyl groups excluding tert-OH is 2. The quantitative estimate of drug-likeness (QED) is 0.472. The molecule has 2 N–H and O–H groups in total. The fraction of sp³-hybridized carbons (Fsp3) is 1.00. The highest BCUT2D eigenvalue weighted by atomic mass is 16.5. The molecular formula is C15H32O3. The Morgan fingerprint density at radius 1 is 0.778 bits per heavy atom. The van der Waals surface area contributed by atoms with Crippen molar-refractivity contribution in [2.75, 3.05) is 26.4 Å². The van der Waals surface area contributed by atoms with Gasteiger partial charge in [-0.2, -0.15) is 0 Å². The van der Waals surface area contributed by atoms with E-state index in [4.69, 9.17) is 14.9 Å². The minimum Gasteiger partial charge on any atom is -0.396 e. The third-order valence-corrected chi connectivity index (χ3v) is 3.26. The maximum absolute atomic E-state index is 8.85. The Balaban J connectivity index is 3.03. The first-order valence-electron chi connectivity index (χ1n) is 7.64. The van der Waals surface area contributed by atoms with Crippen LogP contribution in [-0.4, -0.2) is 36.6 Å². The lowest BCUT2D eigenvalue weighted by Gasteiger charge is -2.11. The standard InChI is InChI=1S/C15H32O3/c1-2-3-4-5-6-7-8-9-10-11-18-14-15(12-16)13-17/h15-17H,2-14H2,1H3. The van der Waals surface area contributed by atoms with Gasteiger partial charge >= 0.3 is 0 Å². The Kier molecular flexibility index (Phi) is 14.8. The Morgan fingerprint density at radius 3 is 1.78 bits per heavy atom. The predicted molar refractivity (Wildman–Crippen MR) is 75.7 cm³/mol. The van der Waals surface area contributed by atoms with E-state index in [2.05, 4.69) is 6.92 Å². The zero-order valence-electron chi connectivity index (χ0n) is 12.1. The van der Waals surface area contributed by atoms with Crippen LogP contribution in [0.15, 0.2) is 0 Å². The minimum absolute atomic E-state index is 0.00819. The number of rotatable bonds is 14. The van der Waals surface area contributed by atoms with Crippen molar-refractivity contribution < 1.29 is 14.9 Å². The third-order valence-electron chi connectivity index (χ3n) is 3.26. The molecule has 0 aliphatic carbocycles. The summed E-state index contributed by atoms with van der Waals surface area (Å²) in [6.07, 6.45) is 11.8. The lowest BCUT2D eigenvalue weighted by molar-refractivity contribution is 0.0435. The van der Waals surface area contributed by atoms with Gasteiger partial charge in [-0.15, -0.1) is 0 Å². The van der Waals surface area contributed by atoms with Gasteiger partial charge in [0.2, 0.25) is 0 Å². The van der Waals surface area contributed by atoms with E-state index in [0.717, 1.165) is 13.0 Å². The molecule has 0 aliphatic heterocycles. The van der Waals surface area contributed by atoms with Crippen molar-refractivity contribution in [1.29, 1.82) is 0 Å². The average Bonchev–Trinajstić information content (AvgIpc) is 2.40. The van der Waals surface area contributed by atoms with Crippen LogP contribution in [0.2, 0.25) is 0 Å². The molecule has 0 bridgehead atoms. The van der Waals surface area contributed by atoms with Crippen LogP contribution in [0.25, 0.3) is 0 Å². The second-order valence-corrected chi connectivity index (χ2v) is 5.13. The van der Waals surface area contributed by atoms with E-state index in [1.54, 1.807) is 0 Å². The summed E-state index contributed by atoms with van der Waals surface area (Å²) in [5.41, 5.74) is 0. The zero-order chi connectivity index (χ0) is 13.5. The lowest BCUT2D eigenvalue weighted by atomic mass is 10.1. The van der Waals surface area contributed by atoms with Crippen molar-refractivity contribution in [3.8, 4) is 0 Å². The summed E-state index contributed by atoms with van der Waals surface area (Å²) in [7, 11) is 0. The molecule has 0 spiro atoms. The summed E-state index contributed by atoms with van der Waals surface area (Å²) in [5, 5.41) is 17.7. The molecule has 3 heteroatoms. The molecule has 0 atom stereocenters. The molecular weight excluding hydrogens is 228 g/mol. The monoisotopic (exact) mass is 260 g/mol. The van der Waals surface area contributed by atoms with Gasteiger partial charge in [-0.3, -0.25) is 0 Å². The first-order valence-corrected chi connectivity index (χ1v) is 7.64. The second kappa shape index (κ2) is 14.9. The van der Waals surface area contributed by atoms with Gasteiger partial charge in [0.1, 0.15) is 0 Å². The summed E-state index contributed by atoms with van der Waals surface area (Å²) in [4.78, 5) is 0. The molecule has 0 unspecified atom stereocenters. The highest BCUT2D eigenvalue weighted by molar-refractivity contribution is 4.53. The van der Waals surface area contributed by atoms with Gasteiger partial charge in [0.05, 0.1) is 19.8 Å². The fourth-order valence-corrected chi connectivity index (χ4v) is 1.93. The summed E-state index contributed by atoms with van der Waals surface area (Å²) < 4.78 is 5.42. The van der Waals surface area contributed by atoms with Crippen LogP contribution < -0.4 is 0 Å². The molecule has 18 heavy (non-hydrogen) atoms. The smallest absolute Gasteiger partial charge is 0.0538 e. The van der Waals surface area contributed by atoms with Crippen LogP contribution in [0.4, 0.5) is 0 Å². The van der Waals surface area contributed by atoms with Gasteiger partial charge in [0, 0.05) is 12.5 Å². The van der Waals surface area contributed by atoms with Crippen LogP contribution in [0, 0.1) is 5.92 Å². The molecule has 0 rings (SSSR count). The normalized spacial score (nSPS) is 11.3. The van der Waals surface area contributed by atoms with Gasteiger partial charge in [0.25, 0.3) is 0 Å². The molecule has 0 fully saturated rings. The second-order valence-electron chi connectivity index (χ2n) is 5.13. The average molecular weight is 260 g/mol. The molecule has 0 aromatic heterocycles. The lowest BCUT2D eigenvalue weighted by Crippen LogP contribution is -2.18. The van der Waals surface area contributed by atoms with E-state index >= 15 is 0 Å². The first-order chi connectivity index (χ1) is 8.85. The minimum atomic E-state index is -0.108. The molecule has 3 nitrogen and oxygen atoms in total. The molecule has 0 aromatic carbocycles. The Bertz CT molecular complexity index is 147. The van der Waals surface area contributed by atoms with E-state index < -0.39 is 0 Å². The zero-order valence-corrected chi connectivity index (χ0v) is 12.1. The largest absolute Gasteiger partial charge is 0.396 e. The van der Waals surface area contributed by atoms with E-state index in [1.807, 2.05) is 0 Å². The van der Waals surface area contributed by atoms with E-state index in [9.17, 15) is 0 Å². The third kappa shape index (κ3) is 12.3. The SMILES string of the molecule is CCCCCCCCCCCOCC(CO)CO. The van der Waals surface area contributed by atoms with Gasteiger partial charge in [0.15, 0.2) is 0 Å². The maximum Gasteiger partial charge on any atom is 0.0538 e. The number of ether oxygens (including phenoxy) is 1. The van der Waals surface area contributed by atoms with Crippen molar-refractivity contribution >= 4 is 0 Å². The van der Waals surface area contributed by atoms with Crippen molar-refractivity contribution in [2.45, 2.75) is 64.7 Å². The fourth-order valence-electron chi connectivity index (χ4n) is 1.93. The van der Waals surface area contributed by atoms with Gasteiger partial charge in [-0.05, 0) is 6.42 Å². The molecule has 110 valence electrons. The predicted octanol–water partition coefficient (Wildman–Crippen LogP) is 3.13. The maximum atomic E-state index is 8.85. The van der Waals surface area contributed by atoms with Crippen LogP contribution >= 0.6 is 0 Å². The molecule has 0 saturated carbocycles. The highest BCUT2D eigenvalue weighted by Gasteiger charge is 2.04. The van der Waals surface area contributed by atoms with Crippen molar-refractivity contribution in [3.63, 3.8) is 0 Å². The van der Waals surface area contributed by atoms with Gasteiger partial charge < -0.3 is 14.9 Å². The topological polar surface area (TPSA) is 49.7 Å². The molecule has 0 aromatic rings. The van der Waals surface area contributed by atoms with Crippen LogP contribution in [-0.2, 0) is 4.74 Å². The molecule has 0 radical (unpaired) electrons. The number of hydrogen-bond donors (Lipinski definition) is 2. The molecule has 0 amide bonds. The first kappa shape index (κ1) is 17.9. The molecule has 0 aliphatic rings. The van der Waals surface area contributed by atoms with E-state index in [1.165, 1.54) is 51.4 Å². The Hall–Kier alpha value is -0.120. The highest BCUT2D eigenvalue weighted by Crippen LogP contribution is 2.09. The summed E-state index contributed by atoms with van der Waals surface area (Å²) >= 11 is 0. The van der Waals surface area contributed by atoms with Gasteiger partial charge in [-0.1, -0.05) is 58.3 Å². The van der Waals surface area contributed by atoms with Crippen LogP contribution in [0.5, 0.6) is 0 Å². The number of hydrogen-bond acceptors (Lipinski definition) is 3. The summed E-state index contributed by atoms with van der Waals surface area (Å²) in [6.45, 7) is 3.50. The van der Waals surface area contributed by atoms with Gasteiger partial charge in [-0.25, -0.2) is 0 Å².